The molecule has 1 aromatic heterocycles. The highest BCUT2D eigenvalue weighted by molar-refractivity contribution is 5.46. The Kier molecular flexibility index (Phi) is 4.10. The van der Waals surface area contributed by atoms with E-state index in [2.05, 4.69) is 41.6 Å². The Morgan fingerprint density at radius 2 is 1.95 bits per heavy atom. The zero-order valence-corrected chi connectivity index (χ0v) is 12.0. The molecule has 4 nitrogen and oxygen atoms in total. The number of hydrogen-bond donors (Lipinski definition) is 1. The van der Waals surface area contributed by atoms with Gasteiger partial charge in [-0.1, -0.05) is 19.1 Å². The van der Waals surface area contributed by atoms with Crippen LogP contribution in [0.1, 0.15) is 23.7 Å². The van der Waals surface area contributed by atoms with Gasteiger partial charge >= 0.3 is 0 Å². The highest BCUT2D eigenvalue weighted by Gasteiger charge is 2.13. The van der Waals surface area contributed by atoms with E-state index in [0.717, 1.165) is 29.2 Å². The fraction of sp³-hybridized carbons (Fsp3) is 0.400. The first-order chi connectivity index (χ1) is 9.15. The van der Waals surface area contributed by atoms with Gasteiger partial charge in [-0.15, -0.1) is 0 Å². The summed E-state index contributed by atoms with van der Waals surface area (Å²) in [4.78, 5) is 0. The molecule has 0 bridgehead atoms. The first-order valence-corrected chi connectivity index (χ1v) is 6.55. The Hall–Kier alpha value is -1.97. The predicted molar refractivity (Wildman–Crippen MR) is 77.6 cm³/mol. The van der Waals surface area contributed by atoms with E-state index in [1.165, 1.54) is 5.56 Å². The molecular formula is C15H21N3O. The molecule has 0 fully saturated rings. The number of nitrogens with zero attached hydrogens (tertiary/aromatic N) is 2. The average Bonchev–Trinajstić information content (AvgIpc) is 2.70. The smallest absolute Gasteiger partial charge is 0.216 e. The molecule has 0 amide bonds. The second kappa shape index (κ2) is 5.78. The second-order valence-electron chi connectivity index (χ2n) is 4.60. The Morgan fingerprint density at radius 1 is 1.26 bits per heavy atom. The van der Waals surface area contributed by atoms with Crippen LogP contribution in [-0.2, 0) is 20.0 Å². The Morgan fingerprint density at radius 3 is 2.53 bits per heavy atom. The number of aryl methyl sites for hydroxylation is 3. The van der Waals surface area contributed by atoms with Crippen molar-refractivity contribution in [3.05, 3.63) is 41.1 Å². The molecule has 19 heavy (non-hydrogen) atoms. The third-order valence-corrected chi connectivity index (χ3v) is 3.31. The van der Waals surface area contributed by atoms with Crippen LogP contribution in [-0.4, -0.2) is 16.9 Å². The molecule has 4 heteroatoms. The van der Waals surface area contributed by atoms with Crippen LogP contribution in [0.5, 0.6) is 5.88 Å². The molecule has 0 saturated heterocycles. The number of rotatable bonds is 5. The molecule has 0 unspecified atom stereocenters. The highest BCUT2D eigenvalue weighted by Crippen LogP contribution is 2.22. The minimum Gasteiger partial charge on any atom is -0.481 e. The van der Waals surface area contributed by atoms with Crippen molar-refractivity contribution in [1.29, 1.82) is 0 Å². The third-order valence-electron chi connectivity index (χ3n) is 3.31. The van der Waals surface area contributed by atoms with Crippen LogP contribution in [0, 0.1) is 6.92 Å². The molecule has 0 aliphatic carbocycles. The van der Waals surface area contributed by atoms with Crippen molar-refractivity contribution in [2.75, 3.05) is 12.4 Å². The summed E-state index contributed by atoms with van der Waals surface area (Å²) < 4.78 is 7.15. The van der Waals surface area contributed by atoms with Crippen molar-refractivity contribution in [1.82, 2.24) is 9.78 Å². The molecule has 2 rings (SSSR count). The third kappa shape index (κ3) is 2.89. The topological polar surface area (TPSA) is 39.1 Å². The maximum absolute atomic E-state index is 5.38. The van der Waals surface area contributed by atoms with E-state index in [1.807, 2.05) is 14.0 Å². The molecule has 102 valence electrons. The normalized spacial score (nSPS) is 10.5. The van der Waals surface area contributed by atoms with Gasteiger partial charge in [-0.2, -0.15) is 5.10 Å². The average molecular weight is 259 g/mol. The van der Waals surface area contributed by atoms with E-state index in [9.17, 15) is 0 Å². The van der Waals surface area contributed by atoms with Crippen molar-refractivity contribution >= 4 is 5.69 Å². The summed E-state index contributed by atoms with van der Waals surface area (Å²) in [6.45, 7) is 4.88. The van der Waals surface area contributed by atoms with Gasteiger partial charge in [0.1, 0.15) is 0 Å². The molecule has 0 atom stereocenters. The lowest BCUT2D eigenvalue weighted by atomic mass is 10.1. The van der Waals surface area contributed by atoms with Gasteiger partial charge in [0.25, 0.3) is 0 Å². The highest BCUT2D eigenvalue weighted by atomic mass is 16.5. The summed E-state index contributed by atoms with van der Waals surface area (Å²) >= 11 is 0. The van der Waals surface area contributed by atoms with Crippen LogP contribution >= 0.6 is 0 Å². The lowest BCUT2D eigenvalue weighted by Gasteiger charge is -2.08. The largest absolute Gasteiger partial charge is 0.481 e. The van der Waals surface area contributed by atoms with Crippen molar-refractivity contribution in [2.45, 2.75) is 26.8 Å². The maximum Gasteiger partial charge on any atom is 0.216 e. The van der Waals surface area contributed by atoms with E-state index in [0.29, 0.717) is 6.54 Å². The van der Waals surface area contributed by atoms with Crippen molar-refractivity contribution in [3.63, 3.8) is 0 Å². The fourth-order valence-electron chi connectivity index (χ4n) is 2.19. The predicted octanol–water partition coefficient (Wildman–Crippen LogP) is 2.91. The van der Waals surface area contributed by atoms with Gasteiger partial charge in [-0.25, -0.2) is 4.68 Å². The van der Waals surface area contributed by atoms with E-state index in [1.54, 1.807) is 11.8 Å². The fourth-order valence-corrected chi connectivity index (χ4v) is 2.19. The Balaban J connectivity index is 2.09. The summed E-state index contributed by atoms with van der Waals surface area (Å²) in [5.74, 6) is 0.815. The summed E-state index contributed by atoms with van der Waals surface area (Å²) in [7, 11) is 3.57. The SMILES string of the molecule is CCc1ccc(NCc2c(C)nn(C)c2OC)cc1. The number of benzene rings is 1. The molecule has 0 radical (unpaired) electrons. The molecule has 0 spiro atoms. The zero-order chi connectivity index (χ0) is 13.8. The lowest BCUT2D eigenvalue weighted by molar-refractivity contribution is 0.370. The molecule has 0 saturated carbocycles. The molecule has 1 heterocycles. The van der Waals surface area contributed by atoms with Crippen LogP contribution in [0.25, 0.3) is 0 Å². The molecule has 0 aliphatic heterocycles. The summed E-state index contributed by atoms with van der Waals surface area (Å²) in [5.41, 5.74) is 4.56. The van der Waals surface area contributed by atoms with Gasteiger partial charge < -0.3 is 10.1 Å². The van der Waals surface area contributed by atoms with Crippen LogP contribution in [0.2, 0.25) is 0 Å². The van der Waals surface area contributed by atoms with Crippen LogP contribution in [0.3, 0.4) is 0 Å². The Labute approximate surface area is 114 Å². The van der Waals surface area contributed by atoms with Gasteiger partial charge in [0.05, 0.1) is 18.4 Å². The maximum atomic E-state index is 5.38. The van der Waals surface area contributed by atoms with Crippen LogP contribution in [0.15, 0.2) is 24.3 Å². The van der Waals surface area contributed by atoms with Gasteiger partial charge in [-0.05, 0) is 31.0 Å². The second-order valence-corrected chi connectivity index (χ2v) is 4.60. The Bertz CT molecular complexity index is 543. The van der Waals surface area contributed by atoms with Crippen molar-refractivity contribution in [3.8, 4) is 5.88 Å². The summed E-state index contributed by atoms with van der Waals surface area (Å²) in [5, 5.41) is 7.78. The summed E-state index contributed by atoms with van der Waals surface area (Å²) in [6.07, 6.45) is 1.07. The first-order valence-electron chi connectivity index (χ1n) is 6.55. The van der Waals surface area contributed by atoms with Crippen molar-refractivity contribution < 1.29 is 4.74 Å². The number of nitrogens with one attached hydrogen (secondary N) is 1. The number of methoxy groups -OCH3 is 1. The monoisotopic (exact) mass is 259 g/mol. The van der Waals surface area contributed by atoms with E-state index < -0.39 is 0 Å². The molecular weight excluding hydrogens is 238 g/mol. The quantitative estimate of drug-likeness (QED) is 0.897. The molecule has 1 N–H and O–H groups in total. The number of anilines is 1. The number of ether oxygens (including phenoxy) is 1. The van der Waals surface area contributed by atoms with E-state index in [-0.39, 0.29) is 0 Å². The number of aromatic nitrogens is 2. The van der Waals surface area contributed by atoms with Gasteiger partial charge in [-0.3, -0.25) is 0 Å². The van der Waals surface area contributed by atoms with Crippen LogP contribution in [0.4, 0.5) is 5.69 Å². The number of hydrogen-bond acceptors (Lipinski definition) is 3. The van der Waals surface area contributed by atoms with Crippen molar-refractivity contribution in [2.24, 2.45) is 7.05 Å². The molecule has 2 aromatic rings. The van der Waals surface area contributed by atoms with Gasteiger partial charge in [0, 0.05) is 19.3 Å². The van der Waals surface area contributed by atoms with E-state index >= 15 is 0 Å². The molecule has 1 aromatic carbocycles. The lowest BCUT2D eigenvalue weighted by Crippen LogP contribution is -2.03. The standard InChI is InChI=1S/C15H21N3O/c1-5-12-6-8-13(9-7-12)16-10-14-11(2)17-18(3)15(14)19-4/h6-9,16H,5,10H2,1-4H3. The minimum absolute atomic E-state index is 0.717. The van der Waals surface area contributed by atoms with E-state index in [4.69, 9.17) is 4.74 Å². The van der Waals surface area contributed by atoms with Crippen LogP contribution < -0.4 is 10.1 Å². The van der Waals surface area contributed by atoms with Gasteiger partial charge in [0.15, 0.2) is 0 Å². The molecule has 0 aliphatic rings. The van der Waals surface area contributed by atoms with Gasteiger partial charge in [0.2, 0.25) is 5.88 Å². The first kappa shape index (κ1) is 13.5. The zero-order valence-electron chi connectivity index (χ0n) is 12.0. The minimum atomic E-state index is 0.717. The summed E-state index contributed by atoms with van der Waals surface area (Å²) in [6, 6.07) is 8.51.